The summed E-state index contributed by atoms with van der Waals surface area (Å²) >= 11 is 0. The van der Waals surface area contributed by atoms with E-state index in [0.29, 0.717) is 12.3 Å². The van der Waals surface area contributed by atoms with E-state index in [1.54, 1.807) is 0 Å². The lowest BCUT2D eigenvalue weighted by Crippen LogP contribution is -2.40. The van der Waals surface area contributed by atoms with Gasteiger partial charge in [0.05, 0.1) is 0 Å². The lowest BCUT2D eigenvalue weighted by molar-refractivity contribution is -0.132. The number of nitrogens with one attached hydrogen (secondary N) is 1. The molecule has 1 amide bonds. The van der Waals surface area contributed by atoms with Gasteiger partial charge < -0.3 is 10.2 Å². The maximum absolute atomic E-state index is 12.2. The Hall–Kier alpha value is -1.35. The Morgan fingerprint density at radius 2 is 1.91 bits per heavy atom. The summed E-state index contributed by atoms with van der Waals surface area (Å²) in [4.78, 5) is 14.2. The number of benzene rings is 1. The van der Waals surface area contributed by atoms with Crippen LogP contribution in [0.4, 0.5) is 0 Å². The topological polar surface area (TPSA) is 32.3 Å². The Kier molecular flexibility index (Phi) is 7.44. The highest BCUT2D eigenvalue weighted by Gasteiger charge is 2.22. The molecule has 22 heavy (non-hydrogen) atoms. The molecule has 3 heteroatoms. The van der Waals surface area contributed by atoms with Crippen LogP contribution in [0.5, 0.6) is 0 Å². The van der Waals surface area contributed by atoms with Crippen molar-refractivity contribution in [2.45, 2.75) is 45.4 Å². The third-order valence-electron chi connectivity index (χ3n) is 4.56. The minimum Gasteiger partial charge on any atom is -0.343 e. The third-order valence-corrected chi connectivity index (χ3v) is 4.56. The molecule has 1 fully saturated rings. The molecule has 1 saturated heterocycles. The van der Waals surface area contributed by atoms with Gasteiger partial charge in [-0.15, -0.1) is 0 Å². The lowest BCUT2D eigenvalue weighted by atomic mass is 9.90. The van der Waals surface area contributed by atoms with E-state index in [2.05, 4.69) is 47.5 Å². The minimum atomic E-state index is 0.321. The average Bonchev–Trinajstić information content (AvgIpc) is 2.56. The van der Waals surface area contributed by atoms with Gasteiger partial charge >= 0.3 is 0 Å². The lowest BCUT2D eigenvalue weighted by Gasteiger charge is -2.32. The van der Waals surface area contributed by atoms with Crippen LogP contribution in [0.1, 0.15) is 44.6 Å². The quantitative estimate of drug-likeness (QED) is 0.748. The number of carbonyl (C=O) groups is 1. The Morgan fingerprint density at radius 3 is 2.59 bits per heavy atom. The monoisotopic (exact) mass is 302 g/mol. The highest BCUT2D eigenvalue weighted by Crippen LogP contribution is 2.21. The zero-order chi connectivity index (χ0) is 15.6. The van der Waals surface area contributed by atoms with Gasteiger partial charge in [-0.3, -0.25) is 4.79 Å². The summed E-state index contributed by atoms with van der Waals surface area (Å²) in [6, 6.07) is 10.7. The van der Waals surface area contributed by atoms with E-state index in [-0.39, 0.29) is 0 Å². The Labute approximate surface area is 135 Å². The number of nitrogens with zero attached hydrogens (tertiary/aromatic N) is 1. The van der Waals surface area contributed by atoms with Crippen molar-refractivity contribution < 1.29 is 4.79 Å². The largest absolute Gasteiger partial charge is 0.343 e. The summed E-state index contributed by atoms with van der Waals surface area (Å²) in [7, 11) is 0. The van der Waals surface area contributed by atoms with Crippen molar-refractivity contribution in [3.63, 3.8) is 0 Å². The molecule has 1 N–H and O–H groups in total. The molecule has 2 rings (SSSR count). The van der Waals surface area contributed by atoms with Gasteiger partial charge in [0.1, 0.15) is 0 Å². The molecule has 1 aliphatic heterocycles. The minimum absolute atomic E-state index is 0.321. The maximum atomic E-state index is 12.2. The first kappa shape index (κ1) is 17.0. The zero-order valence-corrected chi connectivity index (χ0v) is 13.9. The normalized spacial score (nSPS) is 16.0. The first-order valence-corrected chi connectivity index (χ1v) is 8.82. The number of carbonyl (C=O) groups excluding carboxylic acids is 1. The number of hydrogen-bond donors (Lipinski definition) is 1. The van der Waals surface area contributed by atoms with Crippen LogP contribution in [0.15, 0.2) is 30.3 Å². The summed E-state index contributed by atoms with van der Waals surface area (Å²) in [5.41, 5.74) is 1.42. The summed E-state index contributed by atoms with van der Waals surface area (Å²) in [6.07, 6.45) is 6.48. The summed E-state index contributed by atoms with van der Waals surface area (Å²) < 4.78 is 0. The first-order chi connectivity index (χ1) is 10.8. The van der Waals surface area contributed by atoms with E-state index in [1.165, 1.54) is 18.4 Å². The van der Waals surface area contributed by atoms with Crippen LogP contribution in [0, 0.1) is 5.92 Å². The zero-order valence-electron chi connectivity index (χ0n) is 13.9. The van der Waals surface area contributed by atoms with Gasteiger partial charge in [0.25, 0.3) is 0 Å². The van der Waals surface area contributed by atoms with E-state index >= 15 is 0 Å². The fraction of sp³-hybridized carbons (Fsp3) is 0.632. The molecule has 0 aliphatic carbocycles. The molecule has 0 spiro atoms. The first-order valence-electron chi connectivity index (χ1n) is 8.82. The molecule has 122 valence electrons. The highest BCUT2D eigenvalue weighted by atomic mass is 16.2. The smallest absolute Gasteiger partial charge is 0.223 e. The van der Waals surface area contributed by atoms with E-state index in [1.807, 2.05) is 0 Å². The summed E-state index contributed by atoms with van der Waals surface area (Å²) in [6.45, 7) is 5.91. The number of unbranched alkanes of at least 4 members (excludes halogenated alkanes) is 1. The fourth-order valence-corrected chi connectivity index (χ4v) is 3.11. The number of amides is 1. The number of piperidine rings is 1. The fourth-order valence-electron chi connectivity index (χ4n) is 3.11. The molecule has 0 atom stereocenters. The van der Waals surface area contributed by atoms with Crippen molar-refractivity contribution in [2.75, 3.05) is 26.2 Å². The number of hydrogen-bond acceptors (Lipinski definition) is 2. The molecule has 0 bridgehead atoms. The van der Waals surface area contributed by atoms with E-state index in [9.17, 15) is 4.79 Å². The molecular formula is C19H30N2O. The molecule has 1 aliphatic rings. The van der Waals surface area contributed by atoms with Crippen molar-refractivity contribution in [3.05, 3.63) is 35.9 Å². The Morgan fingerprint density at radius 1 is 1.18 bits per heavy atom. The van der Waals surface area contributed by atoms with Crippen LogP contribution in [0.3, 0.4) is 0 Å². The molecule has 3 nitrogen and oxygen atoms in total. The molecule has 1 aromatic rings. The van der Waals surface area contributed by atoms with E-state index < -0.39 is 0 Å². The van der Waals surface area contributed by atoms with Crippen LogP contribution < -0.4 is 5.32 Å². The standard InChI is InChI=1S/C19H30N2O/c1-2-3-12-20-13-9-19(22)21-14-10-18(11-15-21)16-17-7-5-4-6-8-17/h4-8,18,20H,2-3,9-16H2,1H3. The Bertz CT molecular complexity index is 424. The second-order valence-electron chi connectivity index (χ2n) is 6.37. The predicted octanol–water partition coefficient (Wildman–Crippen LogP) is 3.25. The van der Waals surface area contributed by atoms with Gasteiger partial charge in [-0.25, -0.2) is 0 Å². The molecule has 0 saturated carbocycles. The van der Waals surface area contributed by atoms with Crippen LogP contribution in [-0.4, -0.2) is 37.0 Å². The second-order valence-corrected chi connectivity index (χ2v) is 6.37. The van der Waals surface area contributed by atoms with E-state index in [4.69, 9.17) is 0 Å². The molecule has 0 unspecified atom stereocenters. The van der Waals surface area contributed by atoms with Crippen molar-refractivity contribution in [1.29, 1.82) is 0 Å². The predicted molar refractivity (Wildman–Crippen MR) is 91.8 cm³/mol. The van der Waals surface area contributed by atoms with Gasteiger partial charge in [-0.05, 0) is 43.7 Å². The van der Waals surface area contributed by atoms with Crippen molar-refractivity contribution in [3.8, 4) is 0 Å². The van der Waals surface area contributed by atoms with Gasteiger partial charge in [-0.2, -0.15) is 0 Å². The van der Waals surface area contributed by atoms with E-state index in [0.717, 1.165) is 51.4 Å². The van der Waals surface area contributed by atoms with Crippen LogP contribution in [0.25, 0.3) is 0 Å². The van der Waals surface area contributed by atoms with Crippen LogP contribution in [0.2, 0.25) is 0 Å². The molecule has 0 aromatic heterocycles. The summed E-state index contributed by atoms with van der Waals surface area (Å²) in [5.74, 6) is 1.05. The second kappa shape index (κ2) is 9.62. The van der Waals surface area contributed by atoms with Gasteiger partial charge in [0.15, 0.2) is 0 Å². The average molecular weight is 302 g/mol. The number of likely N-dealkylation sites (tertiary alicyclic amines) is 1. The molecule has 0 radical (unpaired) electrons. The molecule has 1 heterocycles. The van der Waals surface area contributed by atoms with Gasteiger partial charge in [0.2, 0.25) is 5.91 Å². The maximum Gasteiger partial charge on any atom is 0.223 e. The van der Waals surface area contributed by atoms with Crippen molar-refractivity contribution in [1.82, 2.24) is 10.2 Å². The van der Waals surface area contributed by atoms with Gasteiger partial charge in [0, 0.05) is 26.1 Å². The van der Waals surface area contributed by atoms with Gasteiger partial charge in [-0.1, -0.05) is 43.7 Å². The third kappa shape index (κ3) is 5.80. The Balaban J connectivity index is 1.63. The summed E-state index contributed by atoms with van der Waals surface area (Å²) in [5, 5.41) is 3.35. The van der Waals surface area contributed by atoms with Crippen LogP contribution in [-0.2, 0) is 11.2 Å². The SMILES string of the molecule is CCCCNCCC(=O)N1CCC(Cc2ccccc2)CC1. The molecule has 1 aromatic carbocycles. The van der Waals surface area contributed by atoms with Crippen molar-refractivity contribution in [2.24, 2.45) is 5.92 Å². The van der Waals surface area contributed by atoms with Crippen molar-refractivity contribution >= 4 is 5.91 Å². The van der Waals surface area contributed by atoms with Crippen LogP contribution >= 0.6 is 0 Å². The molecular weight excluding hydrogens is 272 g/mol. The highest BCUT2D eigenvalue weighted by molar-refractivity contribution is 5.76. The number of rotatable bonds is 8.